The molecule has 0 bridgehead atoms. The number of ether oxygens (including phenoxy) is 4. The number of benzene rings is 1. The molecule has 2 N–H and O–H groups in total. The van der Waals surface area contributed by atoms with Gasteiger partial charge in [0.05, 0.1) is 36.6 Å². The fourth-order valence-corrected chi connectivity index (χ4v) is 9.04. The summed E-state index contributed by atoms with van der Waals surface area (Å²) >= 11 is 6.83. The summed E-state index contributed by atoms with van der Waals surface area (Å²) in [5.41, 5.74) is 4.36. The maximum Gasteiger partial charge on any atom is 0.301 e. The molecule has 4 aromatic rings. The van der Waals surface area contributed by atoms with Crippen molar-refractivity contribution < 1.29 is 27.8 Å². The molecule has 51 heavy (non-hydrogen) atoms. The first-order valence-corrected chi connectivity index (χ1v) is 24.9. The Morgan fingerprint density at radius 2 is 1.78 bits per heavy atom. The highest BCUT2D eigenvalue weighted by molar-refractivity contribution is 6.76. The molecule has 0 amide bonds. The number of H-pyrrole nitrogens is 1. The van der Waals surface area contributed by atoms with E-state index in [1.165, 1.54) is 0 Å². The van der Waals surface area contributed by atoms with Crippen LogP contribution in [0, 0.1) is 5.82 Å². The minimum absolute atomic E-state index is 0.0709. The van der Waals surface area contributed by atoms with Gasteiger partial charge in [-0.25, -0.2) is 9.37 Å². The van der Waals surface area contributed by atoms with Gasteiger partial charge in [0.2, 0.25) is 0 Å². The number of nitrogens with one attached hydrogen (secondary N) is 2. The number of hydrogen-bond donors (Lipinski definition) is 2. The molecule has 276 valence electrons. The molecule has 3 aliphatic rings. The third-order valence-corrected chi connectivity index (χ3v) is 17.2. The van der Waals surface area contributed by atoms with Crippen molar-refractivity contribution in [1.29, 1.82) is 0 Å². The van der Waals surface area contributed by atoms with E-state index in [2.05, 4.69) is 69.0 Å². The Morgan fingerprint density at radius 3 is 2.49 bits per heavy atom. The number of fused-ring (bicyclic) bond motifs is 3. The first kappa shape index (κ1) is 36.5. The van der Waals surface area contributed by atoms with Gasteiger partial charge in [-0.05, 0) is 60.3 Å². The SMILES string of the molecule is CC(C)(C)[Si](C)(C)OC1CO[C@H]2[C@@H]1OC[C@H]2Oc1nc2cc(Cl)c(N[C@H]3CCc4cc(-c5cn[nH]c5)cc(F)c43)nc2n1COCC[Si](C)(C)C. The molecule has 2 saturated heterocycles. The first-order valence-electron chi connectivity index (χ1n) is 17.9. The van der Waals surface area contributed by atoms with Gasteiger partial charge >= 0.3 is 6.01 Å². The molecule has 1 aromatic carbocycles. The van der Waals surface area contributed by atoms with E-state index in [1.807, 2.05) is 10.6 Å². The molecule has 0 radical (unpaired) electrons. The summed E-state index contributed by atoms with van der Waals surface area (Å²) in [6.07, 6.45) is 3.84. The zero-order valence-electron chi connectivity index (χ0n) is 30.8. The number of pyridine rings is 1. The number of aromatic amines is 1. The van der Waals surface area contributed by atoms with E-state index < -0.39 is 22.5 Å². The summed E-state index contributed by atoms with van der Waals surface area (Å²) in [7, 11) is -3.35. The Labute approximate surface area is 306 Å². The molecule has 1 unspecified atom stereocenters. The Balaban J connectivity index is 1.14. The Morgan fingerprint density at radius 1 is 1.04 bits per heavy atom. The Bertz CT molecular complexity index is 1880. The van der Waals surface area contributed by atoms with Crippen molar-refractivity contribution in [3.05, 3.63) is 52.6 Å². The van der Waals surface area contributed by atoms with E-state index in [-0.39, 0.29) is 41.9 Å². The number of halogens is 2. The Kier molecular flexibility index (Phi) is 9.91. The summed E-state index contributed by atoms with van der Waals surface area (Å²) in [6, 6.07) is 6.44. The normalized spacial score (nSPS) is 23.6. The monoisotopic (exact) mass is 756 g/mol. The van der Waals surface area contributed by atoms with Crippen molar-refractivity contribution in [2.24, 2.45) is 0 Å². The van der Waals surface area contributed by atoms with Crippen molar-refractivity contribution in [3.8, 4) is 17.1 Å². The fraction of sp³-hybridized carbons (Fsp3) is 0.583. The highest BCUT2D eigenvalue weighted by atomic mass is 35.5. The number of anilines is 1. The molecule has 2 aliphatic heterocycles. The fourth-order valence-electron chi connectivity index (χ4n) is 6.77. The average molecular weight is 757 g/mol. The minimum atomic E-state index is -2.03. The molecule has 5 heterocycles. The van der Waals surface area contributed by atoms with Crippen LogP contribution in [-0.2, 0) is 31.8 Å². The lowest BCUT2D eigenvalue weighted by atomic mass is 10.0. The van der Waals surface area contributed by atoms with Crippen molar-refractivity contribution in [1.82, 2.24) is 24.7 Å². The molecule has 15 heteroatoms. The van der Waals surface area contributed by atoms with E-state index >= 15 is 4.39 Å². The van der Waals surface area contributed by atoms with Crippen LogP contribution in [-0.4, -0.2) is 85.4 Å². The maximum atomic E-state index is 15.6. The minimum Gasteiger partial charge on any atom is -0.456 e. The standard InChI is InChI=1S/C36H50ClFN6O5Si2/c1-36(2,3)51(7,8)49-29-19-47-31-28(18-46-32(29)31)48-35-42-27-15-24(37)33(43-34(27)44(35)20-45-11-12-50(4,5)6)41-26-10-9-21-13-22(14-25(38)30(21)26)23-16-39-40-17-23/h13-17,26,28-29,31-32H,9-12,18-20H2,1-8H3,(H,39,40)(H,41,43)/t26-,28+,29?,31+,32+/m0/s1. The number of nitrogens with zero attached hydrogens (tertiary/aromatic N) is 4. The molecular formula is C36H50ClFN6O5Si2. The molecular weight excluding hydrogens is 707 g/mol. The molecule has 5 atom stereocenters. The van der Waals surface area contributed by atoms with Crippen LogP contribution in [0.15, 0.2) is 30.6 Å². The topological polar surface area (TPSA) is 118 Å². The van der Waals surface area contributed by atoms with Crippen LogP contribution in [0.25, 0.3) is 22.3 Å². The highest BCUT2D eigenvalue weighted by Gasteiger charge is 2.52. The maximum absolute atomic E-state index is 15.6. The summed E-state index contributed by atoms with van der Waals surface area (Å²) in [6.45, 7) is 19.8. The van der Waals surface area contributed by atoms with Gasteiger partial charge in [-0.3, -0.25) is 9.67 Å². The second kappa shape index (κ2) is 13.8. The lowest BCUT2D eigenvalue weighted by Crippen LogP contribution is -2.47. The second-order valence-electron chi connectivity index (χ2n) is 16.8. The zero-order chi connectivity index (χ0) is 36.3. The third-order valence-electron chi connectivity index (χ3n) is 10.7. The molecule has 0 saturated carbocycles. The van der Waals surface area contributed by atoms with Crippen LogP contribution in [0.1, 0.15) is 44.4 Å². The van der Waals surface area contributed by atoms with E-state index in [0.717, 1.165) is 29.2 Å². The van der Waals surface area contributed by atoms with Crippen molar-refractivity contribution >= 4 is 45.0 Å². The number of imidazole rings is 1. The van der Waals surface area contributed by atoms with E-state index in [0.29, 0.717) is 59.8 Å². The molecule has 3 aromatic heterocycles. The molecule has 1 aliphatic carbocycles. The van der Waals surface area contributed by atoms with E-state index in [1.54, 1.807) is 24.5 Å². The summed E-state index contributed by atoms with van der Waals surface area (Å²) < 4.78 is 49.5. The predicted molar refractivity (Wildman–Crippen MR) is 201 cm³/mol. The van der Waals surface area contributed by atoms with Crippen molar-refractivity contribution in [2.45, 2.75) is 115 Å². The van der Waals surface area contributed by atoms with Crippen LogP contribution in [0.4, 0.5) is 10.2 Å². The van der Waals surface area contributed by atoms with Crippen LogP contribution in [0.5, 0.6) is 6.01 Å². The number of aromatic nitrogens is 5. The van der Waals surface area contributed by atoms with Gasteiger partial charge in [-0.2, -0.15) is 10.1 Å². The van der Waals surface area contributed by atoms with Gasteiger partial charge < -0.3 is 28.7 Å². The average Bonchev–Trinajstić information content (AvgIpc) is 3.87. The summed E-state index contributed by atoms with van der Waals surface area (Å²) in [4.78, 5) is 9.79. The lowest BCUT2D eigenvalue weighted by Gasteiger charge is -2.39. The van der Waals surface area contributed by atoms with E-state index in [9.17, 15) is 0 Å². The number of hydrogen-bond acceptors (Lipinski definition) is 9. The van der Waals surface area contributed by atoms with Crippen molar-refractivity contribution in [2.75, 3.05) is 25.1 Å². The molecule has 2 fully saturated rings. The van der Waals surface area contributed by atoms with Gasteiger partial charge in [-0.1, -0.05) is 58.1 Å². The number of rotatable bonds is 12. The van der Waals surface area contributed by atoms with Crippen molar-refractivity contribution in [3.63, 3.8) is 0 Å². The first-order chi connectivity index (χ1) is 24.1. The molecule has 11 nitrogen and oxygen atoms in total. The zero-order valence-corrected chi connectivity index (χ0v) is 33.6. The molecule has 0 spiro atoms. The van der Waals surface area contributed by atoms with Gasteiger partial charge in [0.1, 0.15) is 36.1 Å². The Hall–Kier alpha value is -2.86. The van der Waals surface area contributed by atoms with Crippen LogP contribution in [0.3, 0.4) is 0 Å². The van der Waals surface area contributed by atoms with Gasteiger partial charge in [-0.15, -0.1) is 0 Å². The van der Waals surface area contributed by atoms with Crippen LogP contribution >= 0.6 is 11.6 Å². The van der Waals surface area contributed by atoms with Gasteiger partial charge in [0.15, 0.2) is 20.1 Å². The lowest BCUT2D eigenvalue weighted by molar-refractivity contribution is 0.00687. The van der Waals surface area contributed by atoms with Gasteiger partial charge in [0, 0.05) is 32.0 Å². The number of aryl methyl sites for hydroxylation is 1. The predicted octanol–water partition coefficient (Wildman–Crippen LogP) is 7.96. The highest BCUT2D eigenvalue weighted by Crippen LogP contribution is 2.42. The van der Waals surface area contributed by atoms with Crippen LogP contribution in [0.2, 0.25) is 48.8 Å². The third kappa shape index (κ3) is 7.51. The van der Waals surface area contributed by atoms with Gasteiger partial charge in [0.25, 0.3) is 0 Å². The summed E-state index contributed by atoms with van der Waals surface area (Å²) in [5, 5.41) is 10.7. The van der Waals surface area contributed by atoms with Crippen LogP contribution < -0.4 is 10.1 Å². The largest absolute Gasteiger partial charge is 0.456 e. The summed E-state index contributed by atoms with van der Waals surface area (Å²) in [5.74, 6) is 0.180. The smallest absolute Gasteiger partial charge is 0.301 e. The second-order valence-corrected chi connectivity index (χ2v) is 27.5. The molecule has 7 rings (SSSR count). The quantitative estimate of drug-likeness (QED) is 0.110. The van der Waals surface area contributed by atoms with E-state index in [4.69, 9.17) is 44.9 Å².